The summed E-state index contributed by atoms with van der Waals surface area (Å²) in [6.07, 6.45) is 5.97. The minimum Gasteiger partial charge on any atom is -0.466 e. The fraction of sp³-hybridized carbons (Fsp3) is 0.348. The maximum Gasteiger partial charge on any atom is 0.330 e. The molecule has 0 saturated carbocycles. The number of fused-ring (bicyclic) bond motifs is 1. The average Bonchev–Trinajstić information content (AvgIpc) is 3.13. The molecule has 0 bridgehead atoms. The zero-order valence-corrected chi connectivity index (χ0v) is 16.1. The van der Waals surface area contributed by atoms with Crippen molar-refractivity contribution >= 4 is 12.0 Å². The molecular formula is C23H26FNO3. The first-order chi connectivity index (χ1) is 13.6. The Kier molecular flexibility index (Phi) is 6.95. The Bertz CT molecular complexity index is 832. The van der Waals surface area contributed by atoms with Crippen LogP contribution in [0, 0.1) is 5.82 Å². The summed E-state index contributed by atoms with van der Waals surface area (Å²) < 4.78 is 17.7. The number of methoxy groups -OCH3 is 1. The van der Waals surface area contributed by atoms with Crippen LogP contribution in [0.15, 0.2) is 48.5 Å². The molecule has 0 fully saturated rings. The first-order valence-electron chi connectivity index (χ1n) is 9.59. The number of halogens is 1. The first kappa shape index (κ1) is 20.2. The smallest absolute Gasteiger partial charge is 0.330 e. The summed E-state index contributed by atoms with van der Waals surface area (Å²) in [7, 11) is 1.36. The van der Waals surface area contributed by atoms with E-state index in [1.54, 1.807) is 6.08 Å². The van der Waals surface area contributed by atoms with E-state index in [0.29, 0.717) is 6.54 Å². The molecule has 0 saturated heterocycles. The Labute approximate surface area is 165 Å². The third kappa shape index (κ3) is 5.06. The van der Waals surface area contributed by atoms with Crippen LogP contribution < -0.4 is 0 Å². The number of esters is 1. The van der Waals surface area contributed by atoms with E-state index >= 15 is 0 Å². The van der Waals surface area contributed by atoms with Crippen LogP contribution in [0.4, 0.5) is 4.39 Å². The number of nitrogens with zero attached hydrogens (tertiary/aromatic N) is 1. The highest BCUT2D eigenvalue weighted by Gasteiger charge is 2.27. The van der Waals surface area contributed by atoms with Gasteiger partial charge in [0.25, 0.3) is 0 Å². The summed E-state index contributed by atoms with van der Waals surface area (Å²) in [6, 6.07) is 13.1. The standard InChI is InChI=1S/C23H26FNO3/c1-28-23(27)11-5-18-4-9-21-19(16-18)6-10-22(21)25(14-15-26)13-12-17-2-7-20(24)8-3-17/h2-5,7-9,11,16,22,26H,6,10,12-15H2,1H3/b11-5+. The molecule has 2 aromatic carbocycles. The molecule has 1 aliphatic rings. The van der Waals surface area contributed by atoms with Gasteiger partial charge in [-0.25, -0.2) is 9.18 Å². The van der Waals surface area contributed by atoms with Gasteiger partial charge in [-0.1, -0.05) is 30.3 Å². The van der Waals surface area contributed by atoms with Gasteiger partial charge in [0.15, 0.2) is 0 Å². The lowest BCUT2D eigenvalue weighted by Gasteiger charge is -2.29. The van der Waals surface area contributed by atoms with Gasteiger partial charge in [-0.2, -0.15) is 0 Å². The molecule has 28 heavy (non-hydrogen) atoms. The van der Waals surface area contributed by atoms with Crippen molar-refractivity contribution in [2.24, 2.45) is 0 Å². The predicted octanol–water partition coefficient (Wildman–Crippen LogP) is 3.54. The minimum absolute atomic E-state index is 0.106. The maximum atomic E-state index is 13.1. The van der Waals surface area contributed by atoms with Crippen LogP contribution in [0.1, 0.15) is 34.7 Å². The normalized spacial score (nSPS) is 15.9. The number of benzene rings is 2. The summed E-state index contributed by atoms with van der Waals surface area (Å²) in [6.45, 7) is 1.52. The lowest BCUT2D eigenvalue weighted by Crippen LogP contribution is -2.32. The summed E-state index contributed by atoms with van der Waals surface area (Å²) in [5.74, 6) is -0.592. The highest BCUT2D eigenvalue weighted by Crippen LogP contribution is 2.36. The molecule has 1 aliphatic carbocycles. The van der Waals surface area contributed by atoms with Crippen LogP contribution in [-0.4, -0.2) is 42.8 Å². The molecule has 0 aliphatic heterocycles. The van der Waals surface area contributed by atoms with Crippen LogP contribution in [0.2, 0.25) is 0 Å². The molecule has 0 spiro atoms. The Morgan fingerprint density at radius 3 is 2.75 bits per heavy atom. The van der Waals surface area contributed by atoms with Crippen molar-refractivity contribution in [3.8, 4) is 0 Å². The summed E-state index contributed by atoms with van der Waals surface area (Å²) >= 11 is 0. The van der Waals surface area contributed by atoms with Crippen molar-refractivity contribution in [1.29, 1.82) is 0 Å². The van der Waals surface area contributed by atoms with E-state index in [0.717, 1.165) is 36.9 Å². The van der Waals surface area contributed by atoms with Crippen LogP contribution in [0.25, 0.3) is 6.08 Å². The second-order valence-corrected chi connectivity index (χ2v) is 7.01. The molecule has 3 rings (SSSR count). The Morgan fingerprint density at radius 2 is 2.04 bits per heavy atom. The number of aliphatic hydroxyl groups is 1. The summed E-state index contributed by atoms with van der Waals surface area (Å²) in [4.78, 5) is 13.6. The van der Waals surface area contributed by atoms with Crippen molar-refractivity contribution in [3.63, 3.8) is 0 Å². The topological polar surface area (TPSA) is 49.8 Å². The number of hydrogen-bond acceptors (Lipinski definition) is 4. The number of aliphatic hydroxyl groups excluding tert-OH is 1. The van der Waals surface area contributed by atoms with E-state index in [1.807, 2.05) is 18.2 Å². The van der Waals surface area contributed by atoms with Gasteiger partial charge in [-0.05, 0) is 59.7 Å². The number of ether oxygens (including phenoxy) is 1. The van der Waals surface area contributed by atoms with Gasteiger partial charge in [-0.3, -0.25) is 4.90 Å². The Morgan fingerprint density at radius 1 is 1.25 bits per heavy atom. The highest BCUT2D eigenvalue weighted by atomic mass is 19.1. The zero-order valence-electron chi connectivity index (χ0n) is 16.1. The monoisotopic (exact) mass is 383 g/mol. The molecule has 4 nitrogen and oxygen atoms in total. The Balaban J connectivity index is 1.70. The van der Waals surface area contributed by atoms with Gasteiger partial charge in [0.1, 0.15) is 5.82 Å². The molecular weight excluding hydrogens is 357 g/mol. The average molecular weight is 383 g/mol. The number of carbonyl (C=O) groups excluding carboxylic acids is 1. The maximum absolute atomic E-state index is 13.1. The molecule has 1 N–H and O–H groups in total. The van der Waals surface area contributed by atoms with E-state index in [-0.39, 0.29) is 24.4 Å². The van der Waals surface area contributed by atoms with E-state index < -0.39 is 0 Å². The van der Waals surface area contributed by atoms with Crippen LogP contribution in [0.5, 0.6) is 0 Å². The molecule has 1 atom stereocenters. The molecule has 2 aromatic rings. The summed E-state index contributed by atoms with van der Waals surface area (Å²) in [5.41, 5.74) is 4.63. The lowest BCUT2D eigenvalue weighted by atomic mass is 10.0. The van der Waals surface area contributed by atoms with E-state index in [1.165, 1.54) is 36.4 Å². The number of hydrogen-bond donors (Lipinski definition) is 1. The van der Waals surface area contributed by atoms with Gasteiger partial charge in [0.2, 0.25) is 0 Å². The first-order valence-corrected chi connectivity index (χ1v) is 9.59. The molecule has 0 radical (unpaired) electrons. The van der Waals surface area contributed by atoms with Crippen LogP contribution in [-0.2, 0) is 22.4 Å². The number of carbonyl (C=O) groups is 1. The molecule has 0 aromatic heterocycles. The third-order valence-electron chi connectivity index (χ3n) is 5.26. The van der Waals surface area contributed by atoms with Gasteiger partial charge in [0.05, 0.1) is 13.7 Å². The fourth-order valence-electron chi connectivity index (χ4n) is 3.81. The van der Waals surface area contributed by atoms with Gasteiger partial charge < -0.3 is 9.84 Å². The largest absolute Gasteiger partial charge is 0.466 e. The summed E-state index contributed by atoms with van der Waals surface area (Å²) in [5, 5.41) is 9.52. The second kappa shape index (κ2) is 9.62. The van der Waals surface area contributed by atoms with Crippen molar-refractivity contribution < 1.29 is 19.0 Å². The van der Waals surface area contributed by atoms with Gasteiger partial charge in [0, 0.05) is 25.2 Å². The van der Waals surface area contributed by atoms with Crippen LogP contribution >= 0.6 is 0 Å². The van der Waals surface area contributed by atoms with Crippen molar-refractivity contribution in [2.75, 3.05) is 26.8 Å². The quantitative estimate of drug-likeness (QED) is 0.560. The fourth-order valence-corrected chi connectivity index (χ4v) is 3.81. The second-order valence-electron chi connectivity index (χ2n) is 7.01. The van der Waals surface area contributed by atoms with Crippen molar-refractivity contribution in [3.05, 3.63) is 76.6 Å². The SMILES string of the molecule is COC(=O)/C=C/c1ccc2c(c1)CCC2N(CCO)CCc1ccc(F)cc1. The van der Waals surface area contributed by atoms with Crippen molar-refractivity contribution in [1.82, 2.24) is 4.90 Å². The van der Waals surface area contributed by atoms with E-state index in [4.69, 9.17) is 0 Å². The number of aryl methyl sites for hydroxylation is 1. The molecule has 1 unspecified atom stereocenters. The van der Waals surface area contributed by atoms with Crippen molar-refractivity contribution in [2.45, 2.75) is 25.3 Å². The van der Waals surface area contributed by atoms with Gasteiger partial charge in [-0.15, -0.1) is 0 Å². The highest BCUT2D eigenvalue weighted by molar-refractivity contribution is 5.86. The molecule has 0 amide bonds. The lowest BCUT2D eigenvalue weighted by molar-refractivity contribution is -0.134. The molecule has 148 valence electrons. The van der Waals surface area contributed by atoms with Crippen LogP contribution in [0.3, 0.4) is 0 Å². The number of rotatable bonds is 8. The molecule has 5 heteroatoms. The predicted molar refractivity (Wildman–Crippen MR) is 107 cm³/mol. The molecule has 0 heterocycles. The van der Waals surface area contributed by atoms with E-state index in [2.05, 4.69) is 21.8 Å². The zero-order chi connectivity index (χ0) is 19.9. The van der Waals surface area contributed by atoms with Gasteiger partial charge >= 0.3 is 5.97 Å². The third-order valence-corrected chi connectivity index (χ3v) is 5.26. The Hall–Kier alpha value is -2.50. The minimum atomic E-state index is -0.367. The van der Waals surface area contributed by atoms with E-state index in [9.17, 15) is 14.3 Å².